The number of carboxylic acid groups (broad SMARTS) is 1. The molecule has 188 valence electrons. The molecule has 1 aliphatic heterocycles. The van der Waals surface area contributed by atoms with Gasteiger partial charge in [-0.25, -0.2) is 9.78 Å². The SMILES string of the molecule is O=C(ON(C1CC(CCc2ccc3c(n2)NCCC3)C1)[C@@H](CCO)C(=O)O)c1cc(=O)[nH]cc1Br. The van der Waals surface area contributed by atoms with Crippen molar-refractivity contribution in [2.24, 2.45) is 5.92 Å². The lowest BCUT2D eigenvalue weighted by Gasteiger charge is -2.43. The Bertz CT molecular complexity index is 1130. The van der Waals surface area contributed by atoms with Crippen molar-refractivity contribution in [3.63, 3.8) is 0 Å². The van der Waals surface area contributed by atoms with Crippen molar-refractivity contribution in [2.45, 2.75) is 57.0 Å². The average molecular weight is 549 g/mol. The van der Waals surface area contributed by atoms with Crippen LogP contribution in [0.4, 0.5) is 5.82 Å². The summed E-state index contributed by atoms with van der Waals surface area (Å²) in [4.78, 5) is 49.1. The number of H-pyrrole nitrogens is 1. The molecule has 4 N–H and O–H groups in total. The highest BCUT2D eigenvalue weighted by Crippen LogP contribution is 2.37. The molecule has 2 aromatic rings. The third kappa shape index (κ3) is 6.09. The summed E-state index contributed by atoms with van der Waals surface area (Å²) in [7, 11) is 0. The van der Waals surface area contributed by atoms with Gasteiger partial charge in [-0.05, 0) is 78.4 Å². The lowest BCUT2D eigenvalue weighted by atomic mass is 9.76. The number of hydrogen-bond acceptors (Lipinski definition) is 8. The fraction of sp³-hybridized carbons (Fsp3) is 0.500. The second-order valence-electron chi connectivity index (χ2n) is 9.03. The van der Waals surface area contributed by atoms with E-state index in [0.717, 1.165) is 49.8 Å². The maximum Gasteiger partial charge on any atom is 0.358 e. The zero-order chi connectivity index (χ0) is 24.9. The minimum atomic E-state index is -1.19. The minimum absolute atomic E-state index is 0.00476. The summed E-state index contributed by atoms with van der Waals surface area (Å²) >= 11 is 3.20. The molecule has 2 aromatic heterocycles. The van der Waals surface area contributed by atoms with Crippen LogP contribution in [-0.2, 0) is 22.5 Å². The Morgan fingerprint density at radius 2 is 2.11 bits per heavy atom. The molecule has 1 aliphatic carbocycles. The predicted molar refractivity (Wildman–Crippen MR) is 131 cm³/mol. The number of aliphatic hydroxyl groups is 1. The predicted octanol–water partition coefficient (Wildman–Crippen LogP) is 2.51. The maximum absolute atomic E-state index is 12.8. The van der Waals surface area contributed by atoms with Crippen LogP contribution in [0, 0.1) is 5.92 Å². The van der Waals surface area contributed by atoms with Crippen LogP contribution >= 0.6 is 15.9 Å². The molecule has 0 spiro atoms. The maximum atomic E-state index is 12.8. The summed E-state index contributed by atoms with van der Waals surface area (Å²) in [6.07, 6.45) is 6.41. The van der Waals surface area contributed by atoms with Crippen molar-refractivity contribution in [3.05, 3.63) is 56.0 Å². The Morgan fingerprint density at radius 1 is 1.31 bits per heavy atom. The van der Waals surface area contributed by atoms with Gasteiger partial charge in [-0.2, -0.15) is 0 Å². The molecule has 1 fully saturated rings. The number of aromatic nitrogens is 2. The Kier molecular flexibility index (Phi) is 8.19. The van der Waals surface area contributed by atoms with E-state index in [1.807, 2.05) is 0 Å². The fourth-order valence-electron chi connectivity index (χ4n) is 4.63. The highest BCUT2D eigenvalue weighted by atomic mass is 79.9. The zero-order valence-corrected chi connectivity index (χ0v) is 20.8. The van der Waals surface area contributed by atoms with Crippen molar-refractivity contribution in [1.29, 1.82) is 0 Å². The lowest BCUT2D eigenvalue weighted by molar-refractivity contribution is -0.204. The zero-order valence-electron chi connectivity index (χ0n) is 19.2. The topological polar surface area (TPSA) is 145 Å². The van der Waals surface area contributed by atoms with Gasteiger partial charge in [0.05, 0.1) is 5.56 Å². The summed E-state index contributed by atoms with van der Waals surface area (Å²) in [5.41, 5.74) is 1.78. The summed E-state index contributed by atoms with van der Waals surface area (Å²) in [5.74, 6) is -0.716. The molecule has 35 heavy (non-hydrogen) atoms. The molecular weight excluding hydrogens is 520 g/mol. The second-order valence-corrected chi connectivity index (χ2v) is 9.89. The second kappa shape index (κ2) is 11.3. The number of carbonyl (C=O) groups excluding carboxylic acids is 1. The van der Waals surface area contributed by atoms with E-state index in [0.29, 0.717) is 23.2 Å². The number of pyridine rings is 2. The van der Waals surface area contributed by atoms with Crippen LogP contribution < -0.4 is 10.9 Å². The first-order valence-electron chi connectivity index (χ1n) is 11.8. The third-order valence-corrected chi connectivity index (χ3v) is 7.26. The number of nitrogens with zero attached hydrogens (tertiary/aromatic N) is 2. The van der Waals surface area contributed by atoms with Gasteiger partial charge in [0.15, 0.2) is 0 Å². The van der Waals surface area contributed by atoms with E-state index < -0.39 is 23.5 Å². The first-order valence-corrected chi connectivity index (χ1v) is 12.6. The highest BCUT2D eigenvalue weighted by molar-refractivity contribution is 9.10. The van der Waals surface area contributed by atoms with E-state index >= 15 is 0 Å². The molecular formula is C24H29BrN4O6. The number of carbonyl (C=O) groups is 2. The molecule has 0 unspecified atom stereocenters. The van der Waals surface area contributed by atoms with Crippen molar-refractivity contribution in [1.82, 2.24) is 15.0 Å². The molecule has 3 heterocycles. The van der Waals surface area contributed by atoms with Crippen LogP contribution in [0.2, 0.25) is 0 Å². The van der Waals surface area contributed by atoms with E-state index in [2.05, 4.69) is 38.4 Å². The largest absolute Gasteiger partial charge is 0.480 e. The molecule has 10 nitrogen and oxygen atoms in total. The van der Waals surface area contributed by atoms with Crippen molar-refractivity contribution in [2.75, 3.05) is 18.5 Å². The summed E-state index contributed by atoms with van der Waals surface area (Å²) < 4.78 is 0.328. The van der Waals surface area contributed by atoms with Gasteiger partial charge < -0.3 is 25.4 Å². The summed E-state index contributed by atoms with van der Waals surface area (Å²) in [6.45, 7) is 0.572. The summed E-state index contributed by atoms with van der Waals surface area (Å²) in [5, 5.41) is 23.6. The molecule has 0 bridgehead atoms. The van der Waals surface area contributed by atoms with Crippen LogP contribution in [0.3, 0.4) is 0 Å². The first kappa shape index (κ1) is 25.3. The van der Waals surface area contributed by atoms with Crippen LogP contribution in [0.25, 0.3) is 0 Å². The molecule has 0 amide bonds. The molecule has 0 saturated heterocycles. The van der Waals surface area contributed by atoms with Crippen molar-refractivity contribution in [3.8, 4) is 0 Å². The van der Waals surface area contributed by atoms with Gasteiger partial charge in [-0.15, -0.1) is 5.06 Å². The highest BCUT2D eigenvalue weighted by Gasteiger charge is 2.42. The van der Waals surface area contributed by atoms with Gasteiger partial charge in [0.1, 0.15) is 11.9 Å². The van der Waals surface area contributed by atoms with E-state index in [9.17, 15) is 24.6 Å². The monoisotopic (exact) mass is 548 g/mol. The smallest absolute Gasteiger partial charge is 0.358 e. The number of anilines is 1. The molecule has 1 saturated carbocycles. The van der Waals surface area contributed by atoms with Crippen LogP contribution in [0.1, 0.15) is 53.7 Å². The quantitative estimate of drug-likeness (QED) is 0.329. The number of halogens is 1. The normalized spacial score (nSPS) is 19.9. The van der Waals surface area contributed by atoms with Gasteiger partial charge in [0.25, 0.3) is 0 Å². The van der Waals surface area contributed by atoms with Crippen LogP contribution in [0.5, 0.6) is 0 Å². The Hall–Kier alpha value is -2.76. The van der Waals surface area contributed by atoms with Gasteiger partial charge in [0, 0.05) is 41.6 Å². The number of aliphatic hydroxyl groups excluding tert-OH is 1. The number of aliphatic carboxylic acids is 1. The molecule has 0 aromatic carbocycles. The average Bonchev–Trinajstić information content (AvgIpc) is 2.82. The van der Waals surface area contributed by atoms with Gasteiger partial charge in [-0.3, -0.25) is 9.59 Å². The number of aryl methyl sites for hydroxylation is 2. The van der Waals surface area contributed by atoms with Gasteiger partial charge in [-0.1, -0.05) is 6.07 Å². The minimum Gasteiger partial charge on any atom is -0.480 e. The van der Waals surface area contributed by atoms with Gasteiger partial charge >= 0.3 is 11.9 Å². The number of aromatic amines is 1. The molecule has 1 atom stereocenters. The van der Waals surface area contributed by atoms with Crippen molar-refractivity contribution < 1.29 is 24.6 Å². The fourth-order valence-corrected chi connectivity index (χ4v) is 5.02. The number of fused-ring (bicyclic) bond motifs is 1. The number of hydrogen-bond donors (Lipinski definition) is 4. The molecule has 0 radical (unpaired) electrons. The lowest BCUT2D eigenvalue weighted by Crippen LogP contribution is -2.53. The third-order valence-electron chi connectivity index (χ3n) is 6.61. The Balaban J connectivity index is 1.40. The van der Waals surface area contributed by atoms with Crippen LogP contribution in [-0.4, -0.2) is 62.4 Å². The van der Waals surface area contributed by atoms with E-state index in [1.54, 1.807) is 0 Å². The van der Waals surface area contributed by atoms with E-state index in [4.69, 9.17) is 9.82 Å². The number of hydroxylamine groups is 2. The van der Waals surface area contributed by atoms with Crippen LogP contribution in [0.15, 0.2) is 33.7 Å². The molecule has 11 heteroatoms. The van der Waals surface area contributed by atoms with E-state index in [-0.39, 0.29) is 24.6 Å². The Morgan fingerprint density at radius 3 is 2.86 bits per heavy atom. The number of rotatable bonds is 10. The number of carboxylic acids is 1. The van der Waals surface area contributed by atoms with Gasteiger partial charge in [0.2, 0.25) is 5.56 Å². The standard InChI is InChI=1S/C24H29BrN4O6/c25-19-13-27-21(31)12-18(19)24(34)35-29(20(7-9-30)23(32)33)17-10-14(11-17)3-5-16-6-4-15-2-1-8-26-22(15)28-16/h4,6,12-14,17,20,30H,1-3,5,7-11H2,(H,26,28)(H,27,31)(H,32,33)/t14?,17?,20-/m0/s1. The van der Waals surface area contributed by atoms with Crippen molar-refractivity contribution >= 4 is 33.7 Å². The number of nitrogens with one attached hydrogen (secondary N) is 2. The first-order chi connectivity index (χ1) is 16.9. The molecule has 4 rings (SSSR count). The van der Waals surface area contributed by atoms with E-state index in [1.165, 1.54) is 16.8 Å². The molecule has 2 aliphatic rings. The Labute approximate surface area is 210 Å². The summed E-state index contributed by atoms with van der Waals surface area (Å²) in [6, 6.07) is 3.81.